The van der Waals surface area contributed by atoms with E-state index in [0.717, 1.165) is 22.3 Å². The van der Waals surface area contributed by atoms with Gasteiger partial charge >= 0.3 is 0 Å². The molecule has 1 saturated carbocycles. The Hall–Kier alpha value is -4.17. The third-order valence-corrected chi connectivity index (χ3v) is 7.98. The first kappa shape index (κ1) is 30.8. The van der Waals surface area contributed by atoms with Gasteiger partial charge in [-0.1, -0.05) is 41.5 Å². The van der Waals surface area contributed by atoms with E-state index in [1.165, 1.54) is 14.0 Å². The van der Waals surface area contributed by atoms with E-state index in [1.54, 1.807) is 24.3 Å². The molecule has 1 aliphatic rings. The number of Topliss-reactive ketones (excluding diaryl/α,β-unsaturated/α-hetero) is 1. The van der Waals surface area contributed by atoms with Crippen molar-refractivity contribution in [3.63, 3.8) is 0 Å². The summed E-state index contributed by atoms with van der Waals surface area (Å²) in [6, 6.07) is 16.4. The number of carbonyl (C=O) groups is 3. The lowest BCUT2D eigenvalue weighted by atomic mass is 9.61. The van der Waals surface area contributed by atoms with Crippen LogP contribution in [0.1, 0.15) is 54.0 Å². The predicted molar refractivity (Wildman–Crippen MR) is 163 cm³/mol. The summed E-state index contributed by atoms with van der Waals surface area (Å²) in [6.07, 6.45) is -0.353. The van der Waals surface area contributed by atoms with Crippen LogP contribution < -0.4 is 20.1 Å². The number of aryl methyl sites for hydroxylation is 4. The summed E-state index contributed by atoms with van der Waals surface area (Å²) in [4.78, 5) is 41.8. The smallest absolute Gasteiger partial charge is 0.235 e. The highest BCUT2D eigenvalue weighted by molar-refractivity contribution is 6.10. The van der Waals surface area contributed by atoms with Gasteiger partial charge in [-0.05, 0) is 82.5 Å². The fourth-order valence-electron chi connectivity index (χ4n) is 5.99. The van der Waals surface area contributed by atoms with E-state index in [1.807, 2.05) is 65.0 Å². The Bertz CT molecular complexity index is 1510. The van der Waals surface area contributed by atoms with Gasteiger partial charge in [0.05, 0.1) is 25.2 Å². The van der Waals surface area contributed by atoms with Crippen LogP contribution in [-0.4, -0.2) is 42.0 Å². The molecule has 3 N–H and O–H groups in total. The van der Waals surface area contributed by atoms with Gasteiger partial charge in [0.2, 0.25) is 11.8 Å². The number of ether oxygens (including phenoxy) is 2. The molecule has 42 heavy (non-hydrogen) atoms. The second-order valence-electron chi connectivity index (χ2n) is 11.4. The van der Waals surface area contributed by atoms with Crippen LogP contribution in [0.2, 0.25) is 0 Å². The number of aliphatic hydroxyl groups is 1. The van der Waals surface area contributed by atoms with Crippen molar-refractivity contribution < 1.29 is 29.0 Å². The number of amides is 2. The van der Waals surface area contributed by atoms with Crippen LogP contribution in [-0.2, 0) is 14.4 Å². The van der Waals surface area contributed by atoms with Crippen LogP contribution in [0.4, 0.5) is 11.4 Å². The minimum absolute atomic E-state index is 0.353. The van der Waals surface area contributed by atoms with Crippen molar-refractivity contribution in [3.05, 3.63) is 82.4 Å². The summed E-state index contributed by atoms with van der Waals surface area (Å²) in [6.45, 7) is 11.4. The number of ketones is 1. The first-order valence-electron chi connectivity index (χ1n) is 14.2. The molecule has 3 aromatic rings. The van der Waals surface area contributed by atoms with Gasteiger partial charge < -0.3 is 25.2 Å². The van der Waals surface area contributed by atoms with Crippen molar-refractivity contribution in [2.75, 3.05) is 24.4 Å². The molecule has 4 unspecified atom stereocenters. The Balaban J connectivity index is 1.84. The maximum Gasteiger partial charge on any atom is 0.235 e. The highest BCUT2D eigenvalue weighted by Gasteiger charge is 2.56. The molecule has 3 aromatic carbocycles. The van der Waals surface area contributed by atoms with Crippen molar-refractivity contribution in [1.29, 1.82) is 0 Å². The normalized spacial score (nSPS) is 21.9. The lowest BCUT2D eigenvalue weighted by Gasteiger charge is -2.44. The molecule has 1 aliphatic carbocycles. The molecule has 0 aliphatic heterocycles. The highest BCUT2D eigenvalue weighted by Crippen LogP contribution is 2.48. The van der Waals surface area contributed by atoms with Gasteiger partial charge in [-0.25, -0.2) is 0 Å². The minimum atomic E-state index is -1.73. The zero-order valence-electron chi connectivity index (χ0n) is 25.3. The van der Waals surface area contributed by atoms with E-state index in [2.05, 4.69) is 10.6 Å². The van der Waals surface area contributed by atoms with E-state index in [4.69, 9.17) is 9.47 Å². The van der Waals surface area contributed by atoms with Crippen LogP contribution >= 0.6 is 0 Å². The van der Waals surface area contributed by atoms with Gasteiger partial charge in [0, 0.05) is 23.7 Å². The second kappa shape index (κ2) is 12.4. The largest absolute Gasteiger partial charge is 0.493 e. The molecular weight excluding hydrogens is 532 g/mol. The van der Waals surface area contributed by atoms with E-state index in [-0.39, 0.29) is 6.42 Å². The fraction of sp³-hybridized carbons (Fsp3) is 0.382. The summed E-state index contributed by atoms with van der Waals surface area (Å²) in [5.74, 6) is -3.97. The highest BCUT2D eigenvalue weighted by atomic mass is 16.5. The van der Waals surface area contributed by atoms with Gasteiger partial charge in [0.15, 0.2) is 11.5 Å². The predicted octanol–water partition coefficient (Wildman–Crippen LogP) is 5.64. The Morgan fingerprint density at radius 3 is 1.98 bits per heavy atom. The van der Waals surface area contributed by atoms with Crippen LogP contribution in [0.3, 0.4) is 0 Å². The fourth-order valence-corrected chi connectivity index (χ4v) is 5.99. The number of rotatable bonds is 8. The maximum atomic E-state index is 14.1. The molecule has 0 aromatic heterocycles. The molecule has 1 fully saturated rings. The van der Waals surface area contributed by atoms with Crippen LogP contribution in [0, 0.1) is 39.5 Å². The number of methoxy groups -OCH3 is 1. The average molecular weight is 573 g/mol. The maximum absolute atomic E-state index is 14.1. The van der Waals surface area contributed by atoms with Gasteiger partial charge in [0.25, 0.3) is 0 Å². The van der Waals surface area contributed by atoms with E-state index < -0.39 is 41.0 Å². The number of hydrogen-bond donors (Lipinski definition) is 3. The lowest BCUT2D eigenvalue weighted by Crippen LogP contribution is -2.56. The van der Waals surface area contributed by atoms with Gasteiger partial charge in [-0.15, -0.1) is 0 Å². The van der Waals surface area contributed by atoms with Gasteiger partial charge in [0.1, 0.15) is 11.7 Å². The summed E-state index contributed by atoms with van der Waals surface area (Å²) in [5, 5.41) is 17.6. The molecule has 0 saturated heterocycles. The van der Waals surface area contributed by atoms with Crippen molar-refractivity contribution in [2.24, 2.45) is 11.8 Å². The summed E-state index contributed by atoms with van der Waals surface area (Å²) >= 11 is 0. The van der Waals surface area contributed by atoms with Gasteiger partial charge in [-0.3, -0.25) is 14.4 Å². The van der Waals surface area contributed by atoms with E-state index in [9.17, 15) is 19.5 Å². The Labute approximate surface area is 247 Å². The molecule has 222 valence electrons. The molecule has 0 bridgehead atoms. The molecule has 0 radical (unpaired) electrons. The zero-order chi connectivity index (χ0) is 30.8. The van der Waals surface area contributed by atoms with Gasteiger partial charge in [-0.2, -0.15) is 0 Å². The number of carbonyl (C=O) groups excluding carboxylic acids is 3. The third kappa shape index (κ3) is 6.34. The average Bonchev–Trinajstić information content (AvgIpc) is 2.91. The Morgan fingerprint density at radius 2 is 1.45 bits per heavy atom. The summed E-state index contributed by atoms with van der Waals surface area (Å²) in [7, 11) is 1.52. The standard InChI is InChI=1S/C34H40N2O6/c1-8-42-28-17-23(11-14-27(28)41-7)29-30(32(38)35-24-12-9-19(2)15-21(24)4)26(37)18-34(6,40)31(29)33(39)36-25-13-10-20(3)16-22(25)5/h9-17,29-31,40H,8,18H2,1-7H3,(H,35,38)(H,36,39). The zero-order valence-corrected chi connectivity index (χ0v) is 25.3. The lowest BCUT2D eigenvalue weighted by molar-refractivity contribution is -0.150. The van der Waals surface area contributed by atoms with E-state index in [0.29, 0.717) is 35.0 Å². The Morgan fingerprint density at radius 1 is 0.881 bits per heavy atom. The second-order valence-corrected chi connectivity index (χ2v) is 11.4. The topological polar surface area (TPSA) is 114 Å². The monoisotopic (exact) mass is 572 g/mol. The summed E-state index contributed by atoms with van der Waals surface area (Å²) in [5.41, 5.74) is 3.75. The molecular formula is C34H40N2O6. The molecule has 8 heteroatoms. The van der Waals surface area contributed by atoms with Crippen LogP contribution in [0.5, 0.6) is 11.5 Å². The molecule has 8 nitrogen and oxygen atoms in total. The first-order valence-corrected chi connectivity index (χ1v) is 14.2. The molecule has 0 heterocycles. The quantitative estimate of drug-likeness (QED) is 0.301. The van der Waals surface area contributed by atoms with E-state index >= 15 is 0 Å². The number of hydrogen-bond acceptors (Lipinski definition) is 6. The number of benzene rings is 3. The first-order chi connectivity index (χ1) is 19.9. The summed E-state index contributed by atoms with van der Waals surface area (Å²) < 4.78 is 11.3. The van der Waals surface area contributed by atoms with Crippen molar-refractivity contribution >= 4 is 29.0 Å². The molecule has 0 spiro atoms. The van der Waals surface area contributed by atoms with Crippen molar-refractivity contribution in [2.45, 2.75) is 59.5 Å². The molecule has 4 rings (SSSR count). The number of anilines is 2. The van der Waals surface area contributed by atoms with Crippen molar-refractivity contribution in [3.8, 4) is 11.5 Å². The van der Waals surface area contributed by atoms with Crippen molar-refractivity contribution in [1.82, 2.24) is 0 Å². The third-order valence-electron chi connectivity index (χ3n) is 7.98. The SMILES string of the molecule is CCOc1cc(C2C(C(=O)Nc3ccc(C)cc3C)C(=O)CC(C)(O)C2C(=O)Nc2ccc(C)cc2C)ccc1OC. The molecule has 4 atom stereocenters. The van der Waals surface area contributed by atoms with Crippen LogP contribution in [0.15, 0.2) is 54.6 Å². The molecule has 2 amide bonds. The Kier molecular flexibility index (Phi) is 9.06. The minimum Gasteiger partial charge on any atom is -0.493 e. The van der Waals surface area contributed by atoms with Crippen LogP contribution in [0.25, 0.3) is 0 Å². The number of nitrogens with one attached hydrogen (secondary N) is 2.